The van der Waals surface area contributed by atoms with Gasteiger partial charge in [-0.25, -0.2) is 0 Å². The lowest BCUT2D eigenvalue weighted by molar-refractivity contribution is 0.321. The standard InChI is InChI=1S/C19H23N3O/c1-23-19-10-9-16(13-17(19)15-22-11-5-6-12-22)14-20-21-18-7-3-2-4-8-18/h2-4,7-10,13-14,21H,5-6,11-12,15H2,1H3. The van der Waals surface area contributed by atoms with Gasteiger partial charge in [-0.3, -0.25) is 10.3 Å². The Hall–Kier alpha value is -2.33. The lowest BCUT2D eigenvalue weighted by atomic mass is 10.1. The van der Waals surface area contributed by atoms with E-state index in [1.807, 2.05) is 48.7 Å². The second-order valence-corrected chi connectivity index (χ2v) is 5.79. The van der Waals surface area contributed by atoms with Crippen LogP contribution in [0.5, 0.6) is 5.75 Å². The molecule has 0 unspecified atom stereocenters. The van der Waals surface area contributed by atoms with Gasteiger partial charge in [0.25, 0.3) is 0 Å². The van der Waals surface area contributed by atoms with Crippen molar-refractivity contribution in [3.05, 3.63) is 59.7 Å². The highest BCUT2D eigenvalue weighted by Crippen LogP contribution is 2.23. The Bertz CT molecular complexity index is 649. The minimum atomic E-state index is 0.941. The Morgan fingerprint density at radius 2 is 1.91 bits per heavy atom. The highest BCUT2D eigenvalue weighted by molar-refractivity contribution is 5.81. The lowest BCUT2D eigenvalue weighted by Crippen LogP contribution is -2.18. The highest BCUT2D eigenvalue weighted by atomic mass is 16.5. The van der Waals surface area contributed by atoms with Crippen molar-refractivity contribution in [2.75, 3.05) is 25.6 Å². The van der Waals surface area contributed by atoms with Gasteiger partial charge in [-0.2, -0.15) is 5.10 Å². The van der Waals surface area contributed by atoms with Gasteiger partial charge in [0.05, 0.1) is 19.0 Å². The van der Waals surface area contributed by atoms with Crippen LogP contribution in [0, 0.1) is 0 Å². The molecule has 2 aromatic rings. The molecule has 23 heavy (non-hydrogen) atoms. The topological polar surface area (TPSA) is 36.9 Å². The van der Waals surface area contributed by atoms with Crippen molar-refractivity contribution >= 4 is 11.9 Å². The van der Waals surface area contributed by atoms with Crippen LogP contribution in [0.25, 0.3) is 0 Å². The highest BCUT2D eigenvalue weighted by Gasteiger charge is 2.14. The molecule has 1 fully saturated rings. The molecule has 0 saturated carbocycles. The van der Waals surface area contributed by atoms with Gasteiger partial charge in [-0.05, 0) is 61.8 Å². The summed E-state index contributed by atoms with van der Waals surface area (Å²) < 4.78 is 5.50. The largest absolute Gasteiger partial charge is 0.496 e. The summed E-state index contributed by atoms with van der Waals surface area (Å²) in [5.74, 6) is 0.949. The van der Waals surface area contributed by atoms with Crippen LogP contribution in [0.4, 0.5) is 5.69 Å². The van der Waals surface area contributed by atoms with Crippen LogP contribution in [0.2, 0.25) is 0 Å². The van der Waals surface area contributed by atoms with Crippen molar-refractivity contribution in [1.82, 2.24) is 4.90 Å². The van der Waals surface area contributed by atoms with Crippen molar-refractivity contribution in [3.8, 4) is 5.75 Å². The van der Waals surface area contributed by atoms with Crippen molar-refractivity contribution in [2.45, 2.75) is 19.4 Å². The number of benzene rings is 2. The summed E-state index contributed by atoms with van der Waals surface area (Å²) in [7, 11) is 1.73. The second kappa shape index (κ2) is 7.79. The van der Waals surface area contributed by atoms with Gasteiger partial charge < -0.3 is 4.74 Å². The lowest BCUT2D eigenvalue weighted by Gasteiger charge is -2.17. The number of para-hydroxylation sites is 1. The van der Waals surface area contributed by atoms with Crippen LogP contribution in [-0.4, -0.2) is 31.3 Å². The van der Waals surface area contributed by atoms with Crippen molar-refractivity contribution in [1.29, 1.82) is 0 Å². The summed E-state index contributed by atoms with van der Waals surface area (Å²) in [6, 6.07) is 16.2. The Morgan fingerprint density at radius 1 is 1.13 bits per heavy atom. The molecule has 1 heterocycles. The average molecular weight is 309 g/mol. The molecule has 2 aromatic carbocycles. The van der Waals surface area contributed by atoms with E-state index in [-0.39, 0.29) is 0 Å². The molecule has 120 valence electrons. The number of hydrogen-bond donors (Lipinski definition) is 1. The van der Waals surface area contributed by atoms with Gasteiger partial charge in [-0.1, -0.05) is 18.2 Å². The molecule has 0 bridgehead atoms. The van der Waals surface area contributed by atoms with Crippen molar-refractivity contribution < 1.29 is 4.74 Å². The van der Waals surface area contributed by atoms with E-state index in [0.717, 1.165) is 23.5 Å². The molecule has 1 aliphatic heterocycles. The van der Waals surface area contributed by atoms with Gasteiger partial charge in [0.2, 0.25) is 0 Å². The molecule has 0 amide bonds. The number of rotatable bonds is 6. The summed E-state index contributed by atoms with van der Waals surface area (Å²) in [5.41, 5.74) is 6.32. The van der Waals surface area contributed by atoms with Crippen LogP contribution in [-0.2, 0) is 6.54 Å². The molecule has 1 aliphatic rings. The fourth-order valence-corrected chi connectivity index (χ4v) is 2.88. The van der Waals surface area contributed by atoms with Crippen LogP contribution in [0.1, 0.15) is 24.0 Å². The monoisotopic (exact) mass is 309 g/mol. The van der Waals surface area contributed by atoms with Gasteiger partial charge in [0.15, 0.2) is 0 Å². The summed E-state index contributed by atoms with van der Waals surface area (Å²) in [6.07, 6.45) is 4.44. The molecule has 0 radical (unpaired) electrons. The van der Waals surface area contributed by atoms with Gasteiger partial charge in [0.1, 0.15) is 5.75 Å². The van der Waals surface area contributed by atoms with E-state index in [0.29, 0.717) is 0 Å². The first-order valence-electron chi connectivity index (χ1n) is 8.08. The zero-order valence-corrected chi connectivity index (χ0v) is 13.5. The van der Waals surface area contributed by atoms with E-state index in [4.69, 9.17) is 4.74 Å². The smallest absolute Gasteiger partial charge is 0.123 e. The van der Waals surface area contributed by atoms with Crippen LogP contribution in [0.15, 0.2) is 53.6 Å². The van der Waals surface area contributed by atoms with Crippen LogP contribution in [0.3, 0.4) is 0 Å². The minimum Gasteiger partial charge on any atom is -0.496 e. The third-order valence-electron chi connectivity index (χ3n) is 4.08. The SMILES string of the molecule is COc1ccc(C=NNc2ccccc2)cc1CN1CCCC1. The first-order chi connectivity index (χ1) is 11.3. The first kappa shape index (κ1) is 15.6. The Morgan fingerprint density at radius 3 is 2.65 bits per heavy atom. The molecule has 0 aliphatic carbocycles. The first-order valence-corrected chi connectivity index (χ1v) is 8.08. The fraction of sp³-hybridized carbons (Fsp3) is 0.316. The zero-order valence-electron chi connectivity index (χ0n) is 13.5. The fourth-order valence-electron chi connectivity index (χ4n) is 2.88. The second-order valence-electron chi connectivity index (χ2n) is 5.79. The molecular formula is C19H23N3O. The Kier molecular flexibility index (Phi) is 5.27. The number of anilines is 1. The number of ether oxygens (including phenoxy) is 1. The molecule has 0 atom stereocenters. The van der Waals surface area contributed by atoms with Gasteiger partial charge in [0, 0.05) is 12.1 Å². The number of hydrazone groups is 1. The summed E-state index contributed by atoms with van der Waals surface area (Å²) in [5, 5.41) is 4.31. The normalized spacial score (nSPS) is 15.2. The van der Waals surface area contributed by atoms with Crippen LogP contribution >= 0.6 is 0 Å². The molecule has 1 saturated heterocycles. The third-order valence-corrected chi connectivity index (χ3v) is 4.08. The van der Waals surface area contributed by atoms with E-state index in [2.05, 4.69) is 21.5 Å². The number of nitrogens with one attached hydrogen (secondary N) is 1. The maximum atomic E-state index is 5.50. The predicted molar refractivity (Wildman–Crippen MR) is 95.2 cm³/mol. The maximum Gasteiger partial charge on any atom is 0.123 e. The van der Waals surface area contributed by atoms with Crippen molar-refractivity contribution in [3.63, 3.8) is 0 Å². The summed E-state index contributed by atoms with van der Waals surface area (Å²) >= 11 is 0. The quantitative estimate of drug-likeness (QED) is 0.652. The molecular weight excluding hydrogens is 286 g/mol. The molecule has 3 rings (SSSR count). The number of methoxy groups -OCH3 is 1. The molecule has 1 N–H and O–H groups in total. The third kappa shape index (κ3) is 4.33. The number of nitrogens with zero attached hydrogens (tertiary/aromatic N) is 2. The predicted octanol–water partition coefficient (Wildman–Crippen LogP) is 3.74. The van der Waals surface area contributed by atoms with E-state index in [1.165, 1.54) is 31.5 Å². The average Bonchev–Trinajstić information content (AvgIpc) is 3.09. The van der Waals surface area contributed by atoms with Crippen LogP contribution < -0.4 is 10.2 Å². The van der Waals surface area contributed by atoms with E-state index >= 15 is 0 Å². The van der Waals surface area contributed by atoms with Gasteiger partial charge >= 0.3 is 0 Å². The zero-order chi connectivity index (χ0) is 15.9. The van der Waals surface area contributed by atoms with E-state index in [1.54, 1.807) is 7.11 Å². The minimum absolute atomic E-state index is 0.941. The molecule has 0 spiro atoms. The Balaban J connectivity index is 1.69. The molecule has 4 nitrogen and oxygen atoms in total. The summed E-state index contributed by atoms with van der Waals surface area (Å²) in [4.78, 5) is 2.47. The number of likely N-dealkylation sites (tertiary alicyclic amines) is 1. The molecule has 4 heteroatoms. The maximum absolute atomic E-state index is 5.50. The molecule has 0 aromatic heterocycles. The van der Waals surface area contributed by atoms with E-state index in [9.17, 15) is 0 Å². The van der Waals surface area contributed by atoms with Gasteiger partial charge in [-0.15, -0.1) is 0 Å². The van der Waals surface area contributed by atoms with Crippen molar-refractivity contribution in [2.24, 2.45) is 5.10 Å². The number of hydrogen-bond acceptors (Lipinski definition) is 4. The summed E-state index contributed by atoms with van der Waals surface area (Å²) in [6.45, 7) is 3.30. The van der Waals surface area contributed by atoms with E-state index < -0.39 is 0 Å². The Labute approximate surface area is 137 Å².